The lowest BCUT2D eigenvalue weighted by atomic mass is 9.48. The fraction of sp³-hybridized carbons (Fsp3) is 0.500. The van der Waals surface area contributed by atoms with Crippen molar-refractivity contribution < 1.29 is 17.9 Å². The van der Waals surface area contributed by atoms with Crippen molar-refractivity contribution in [2.24, 2.45) is 17.8 Å². The Morgan fingerprint density at radius 2 is 1.36 bits per heavy atom. The van der Waals surface area contributed by atoms with E-state index < -0.39 is 11.7 Å². The van der Waals surface area contributed by atoms with Crippen LogP contribution in [-0.4, -0.2) is 7.11 Å². The van der Waals surface area contributed by atoms with Crippen LogP contribution in [-0.2, 0) is 11.6 Å². The first-order chi connectivity index (χ1) is 13.4. The van der Waals surface area contributed by atoms with Crippen LogP contribution in [0.1, 0.15) is 49.7 Å². The summed E-state index contributed by atoms with van der Waals surface area (Å²) in [5, 5.41) is 0. The fourth-order valence-electron chi connectivity index (χ4n) is 6.59. The van der Waals surface area contributed by atoms with Gasteiger partial charge < -0.3 is 4.74 Å². The molecule has 0 spiro atoms. The van der Waals surface area contributed by atoms with Gasteiger partial charge in [0.2, 0.25) is 0 Å². The van der Waals surface area contributed by atoms with E-state index >= 15 is 0 Å². The number of hydrogen-bond acceptors (Lipinski definition) is 1. The van der Waals surface area contributed by atoms with Crippen molar-refractivity contribution in [2.45, 2.75) is 50.1 Å². The molecule has 0 radical (unpaired) electrons. The average molecular weight is 386 g/mol. The molecule has 0 atom stereocenters. The molecule has 4 bridgehead atoms. The van der Waals surface area contributed by atoms with E-state index in [0.717, 1.165) is 34.6 Å². The third kappa shape index (κ3) is 2.92. The Bertz CT molecular complexity index is 846. The van der Waals surface area contributed by atoms with Crippen LogP contribution < -0.4 is 4.74 Å². The summed E-state index contributed by atoms with van der Waals surface area (Å²) in [4.78, 5) is 0. The van der Waals surface area contributed by atoms with E-state index in [9.17, 15) is 13.2 Å². The SMILES string of the molecule is COc1ccc(-c2ccc(C(F)(F)F)cc2)cc1C12CC3CC(CC(C3)C1)C2. The predicted molar refractivity (Wildman–Crippen MR) is 103 cm³/mol. The summed E-state index contributed by atoms with van der Waals surface area (Å²) in [5.41, 5.74) is 2.64. The number of alkyl halides is 3. The van der Waals surface area contributed by atoms with Crippen LogP contribution in [0.3, 0.4) is 0 Å². The molecule has 4 fully saturated rings. The average Bonchev–Trinajstić information content (AvgIpc) is 2.66. The molecule has 2 aromatic carbocycles. The molecule has 2 aromatic rings. The van der Waals surface area contributed by atoms with Gasteiger partial charge in [-0.25, -0.2) is 0 Å². The lowest BCUT2D eigenvalue weighted by Gasteiger charge is -2.57. The zero-order chi connectivity index (χ0) is 19.5. The van der Waals surface area contributed by atoms with Crippen molar-refractivity contribution in [3.8, 4) is 16.9 Å². The summed E-state index contributed by atoms with van der Waals surface area (Å²) in [6.07, 6.45) is 3.51. The predicted octanol–water partition coefficient (Wildman–Crippen LogP) is 6.85. The zero-order valence-corrected chi connectivity index (χ0v) is 16.1. The van der Waals surface area contributed by atoms with Crippen LogP contribution in [0.4, 0.5) is 13.2 Å². The Kier molecular flexibility index (Phi) is 4.05. The molecule has 4 saturated carbocycles. The molecule has 0 saturated heterocycles. The van der Waals surface area contributed by atoms with Gasteiger partial charge in [0.15, 0.2) is 0 Å². The molecular formula is C24H25F3O. The summed E-state index contributed by atoms with van der Waals surface area (Å²) in [5.74, 6) is 3.40. The molecule has 0 aliphatic heterocycles. The Morgan fingerprint density at radius 1 is 0.821 bits per heavy atom. The van der Waals surface area contributed by atoms with E-state index in [2.05, 4.69) is 6.07 Å². The lowest BCUT2D eigenvalue weighted by molar-refractivity contribution is -0.137. The van der Waals surface area contributed by atoms with Gasteiger partial charge in [-0.05, 0) is 97.1 Å². The van der Waals surface area contributed by atoms with E-state index in [4.69, 9.17) is 4.74 Å². The van der Waals surface area contributed by atoms with Crippen LogP contribution >= 0.6 is 0 Å². The van der Waals surface area contributed by atoms with E-state index in [1.165, 1.54) is 56.2 Å². The summed E-state index contributed by atoms with van der Waals surface area (Å²) >= 11 is 0. The minimum absolute atomic E-state index is 0.183. The highest BCUT2D eigenvalue weighted by molar-refractivity contribution is 5.67. The van der Waals surface area contributed by atoms with Crippen LogP contribution in [0, 0.1) is 17.8 Å². The van der Waals surface area contributed by atoms with Crippen LogP contribution in [0.2, 0.25) is 0 Å². The highest BCUT2D eigenvalue weighted by Gasteiger charge is 2.52. The van der Waals surface area contributed by atoms with Gasteiger partial charge in [0.25, 0.3) is 0 Å². The molecular weight excluding hydrogens is 361 g/mol. The molecule has 0 unspecified atom stereocenters. The highest BCUT2D eigenvalue weighted by Crippen LogP contribution is 2.62. The quantitative estimate of drug-likeness (QED) is 0.560. The number of methoxy groups -OCH3 is 1. The molecule has 28 heavy (non-hydrogen) atoms. The third-order valence-electron chi connectivity index (χ3n) is 7.35. The first-order valence-corrected chi connectivity index (χ1v) is 10.2. The monoisotopic (exact) mass is 386 g/mol. The minimum atomic E-state index is -4.30. The van der Waals surface area contributed by atoms with Gasteiger partial charge >= 0.3 is 6.18 Å². The maximum atomic E-state index is 12.9. The number of halogens is 3. The molecule has 0 N–H and O–H groups in total. The molecule has 4 aliphatic carbocycles. The fourth-order valence-corrected chi connectivity index (χ4v) is 6.59. The van der Waals surface area contributed by atoms with E-state index in [0.29, 0.717) is 0 Å². The summed E-state index contributed by atoms with van der Waals surface area (Å²) in [6.45, 7) is 0. The molecule has 0 aromatic heterocycles. The van der Waals surface area contributed by atoms with Crippen molar-refractivity contribution >= 4 is 0 Å². The maximum Gasteiger partial charge on any atom is 0.416 e. The van der Waals surface area contributed by atoms with Crippen LogP contribution in [0.25, 0.3) is 11.1 Å². The van der Waals surface area contributed by atoms with E-state index in [1.807, 2.05) is 12.1 Å². The Balaban J connectivity index is 1.54. The van der Waals surface area contributed by atoms with Gasteiger partial charge in [-0.2, -0.15) is 13.2 Å². The van der Waals surface area contributed by atoms with Crippen molar-refractivity contribution in [3.63, 3.8) is 0 Å². The smallest absolute Gasteiger partial charge is 0.416 e. The standard InChI is InChI=1S/C24H25F3O/c1-28-22-7-4-19(18-2-5-20(6-3-18)24(25,26)27)11-21(22)23-12-15-8-16(13-23)10-17(9-15)14-23/h2-7,11,15-17H,8-10,12-14H2,1H3. The second-order valence-corrected chi connectivity index (χ2v) is 9.19. The summed E-state index contributed by atoms with van der Waals surface area (Å²) in [7, 11) is 1.72. The number of hydrogen-bond donors (Lipinski definition) is 0. The lowest BCUT2D eigenvalue weighted by Crippen LogP contribution is -2.48. The molecule has 0 amide bonds. The Morgan fingerprint density at radius 3 is 1.86 bits per heavy atom. The van der Waals surface area contributed by atoms with Gasteiger partial charge in [0.05, 0.1) is 12.7 Å². The highest BCUT2D eigenvalue weighted by atomic mass is 19.4. The van der Waals surface area contributed by atoms with E-state index in [-0.39, 0.29) is 5.41 Å². The van der Waals surface area contributed by atoms with Crippen molar-refractivity contribution in [3.05, 3.63) is 53.6 Å². The summed E-state index contributed by atoms with van der Waals surface area (Å²) < 4.78 is 44.4. The Hall–Kier alpha value is -1.97. The first kappa shape index (κ1) is 18.1. The third-order valence-corrected chi connectivity index (χ3v) is 7.35. The first-order valence-electron chi connectivity index (χ1n) is 10.2. The zero-order valence-electron chi connectivity index (χ0n) is 16.1. The molecule has 0 heterocycles. The largest absolute Gasteiger partial charge is 0.496 e. The second-order valence-electron chi connectivity index (χ2n) is 9.19. The normalized spacial score (nSPS) is 31.2. The number of rotatable bonds is 3. The number of benzene rings is 2. The maximum absolute atomic E-state index is 12.9. The molecule has 4 aliphatic rings. The van der Waals surface area contributed by atoms with Gasteiger partial charge in [0, 0.05) is 5.56 Å². The topological polar surface area (TPSA) is 9.23 Å². The molecule has 4 heteroatoms. The Labute approximate surface area is 163 Å². The van der Waals surface area contributed by atoms with Gasteiger partial charge in [-0.1, -0.05) is 18.2 Å². The van der Waals surface area contributed by atoms with Crippen molar-refractivity contribution in [1.29, 1.82) is 0 Å². The van der Waals surface area contributed by atoms with E-state index in [1.54, 1.807) is 19.2 Å². The molecule has 148 valence electrons. The molecule has 6 rings (SSSR count). The summed E-state index contributed by atoms with van der Waals surface area (Å²) in [6, 6.07) is 11.6. The van der Waals surface area contributed by atoms with Crippen molar-refractivity contribution in [1.82, 2.24) is 0 Å². The van der Waals surface area contributed by atoms with Crippen molar-refractivity contribution in [2.75, 3.05) is 7.11 Å². The van der Waals surface area contributed by atoms with Crippen LogP contribution in [0.5, 0.6) is 5.75 Å². The van der Waals surface area contributed by atoms with Gasteiger partial charge in [-0.3, -0.25) is 0 Å². The van der Waals surface area contributed by atoms with Crippen LogP contribution in [0.15, 0.2) is 42.5 Å². The second kappa shape index (κ2) is 6.27. The number of ether oxygens (including phenoxy) is 1. The van der Waals surface area contributed by atoms with Gasteiger partial charge in [0.1, 0.15) is 5.75 Å². The molecule has 1 nitrogen and oxygen atoms in total. The minimum Gasteiger partial charge on any atom is -0.496 e. The van der Waals surface area contributed by atoms with Gasteiger partial charge in [-0.15, -0.1) is 0 Å².